The van der Waals surface area contributed by atoms with Crippen molar-refractivity contribution in [2.24, 2.45) is 4.99 Å². The van der Waals surface area contributed by atoms with Crippen LogP contribution in [0.1, 0.15) is 24.7 Å². The van der Waals surface area contributed by atoms with Crippen LogP contribution >= 0.6 is 24.0 Å². The average Bonchev–Trinajstić information content (AvgIpc) is 3.18. The van der Waals surface area contributed by atoms with Crippen LogP contribution in [-0.4, -0.2) is 47.4 Å². The van der Waals surface area contributed by atoms with Gasteiger partial charge in [-0.15, -0.1) is 34.2 Å². The Balaban J connectivity index is 0.00000320. The number of aromatic nitrogens is 3. The lowest BCUT2D eigenvalue weighted by Gasteiger charge is -2.12. The third-order valence-corrected chi connectivity index (χ3v) is 4.34. The lowest BCUT2D eigenvalue weighted by molar-refractivity contribution is 0.145. The topological polar surface area (TPSA) is 85.1 Å². The highest BCUT2D eigenvalue weighted by Gasteiger charge is 2.06. The Morgan fingerprint density at radius 2 is 1.93 bits per heavy atom. The molecule has 0 amide bonds. The van der Waals surface area contributed by atoms with Crippen molar-refractivity contribution in [3.05, 3.63) is 60.0 Å². The second-order valence-corrected chi connectivity index (χ2v) is 6.39. The van der Waals surface area contributed by atoms with Crippen molar-refractivity contribution in [1.82, 2.24) is 25.2 Å². The fraction of sp³-hybridized carbons (Fsp3) is 0.381. The molecule has 0 unspecified atom stereocenters. The van der Waals surface area contributed by atoms with Gasteiger partial charge in [0.1, 0.15) is 5.75 Å². The fourth-order valence-electron chi connectivity index (χ4n) is 2.78. The van der Waals surface area contributed by atoms with Crippen LogP contribution in [0.25, 0.3) is 5.65 Å². The normalized spacial score (nSPS) is 11.2. The maximum absolute atomic E-state index is 5.40. The highest BCUT2D eigenvalue weighted by molar-refractivity contribution is 14.0. The number of fused-ring (bicyclic) bond motifs is 1. The highest BCUT2D eigenvalue weighted by Crippen LogP contribution is 2.11. The highest BCUT2D eigenvalue weighted by atomic mass is 127. The maximum Gasteiger partial charge on any atom is 0.191 e. The number of rotatable bonds is 10. The second kappa shape index (κ2) is 13.0. The molecule has 2 N–H and O–H groups in total. The molecule has 0 atom stereocenters. The zero-order chi connectivity index (χ0) is 20.3. The molecule has 0 spiro atoms. The number of pyridine rings is 1. The standard InChI is InChI=1S/C21H28N6O2.HI/c1-3-29-14-6-12-22-21(23-15-17-8-10-18(28-2)11-9-17)24-16-20-26-25-19-7-4-5-13-27(19)20;/h4-5,7-11,13H,3,6,12,14-16H2,1-2H3,(H2,22,23,24);1H. The van der Waals surface area contributed by atoms with E-state index in [9.17, 15) is 0 Å². The van der Waals surface area contributed by atoms with Gasteiger partial charge in [0.25, 0.3) is 0 Å². The van der Waals surface area contributed by atoms with Gasteiger partial charge < -0.3 is 20.1 Å². The lowest BCUT2D eigenvalue weighted by Crippen LogP contribution is -2.38. The Bertz CT molecular complexity index is 913. The Morgan fingerprint density at radius 3 is 2.70 bits per heavy atom. The smallest absolute Gasteiger partial charge is 0.191 e. The van der Waals surface area contributed by atoms with E-state index in [4.69, 9.17) is 14.5 Å². The first kappa shape index (κ1) is 23.9. The molecule has 0 fully saturated rings. The number of benzene rings is 1. The molecule has 9 heteroatoms. The van der Waals surface area contributed by atoms with Crippen LogP contribution in [0.2, 0.25) is 0 Å². The summed E-state index contributed by atoms with van der Waals surface area (Å²) in [6.45, 7) is 5.31. The molecule has 0 aliphatic rings. The molecule has 30 heavy (non-hydrogen) atoms. The van der Waals surface area contributed by atoms with E-state index < -0.39 is 0 Å². The van der Waals surface area contributed by atoms with Crippen molar-refractivity contribution >= 4 is 35.6 Å². The van der Waals surface area contributed by atoms with Crippen molar-refractivity contribution in [2.75, 3.05) is 26.9 Å². The van der Waals surface area contributed by atoms with Crippen molar-refractivity contribution in [1.29, 1.82) is 0 Å². The molecule has 2 aromatic heterocycles. The number of ether oxygens (including phenoxy) is 2. The molecule has 162 valence electrons. The first-order chi connectivity index (χ1) is 14.3. The lowest BCUT2D eigenvalue weighted by atomic mass is 10.2. The van der Waals surface area contributed by atoms with Gasteiger partial charge in [0.15, 0.2) is 17.4 Å². The number of nitrogens with zero attached hydrogens (tertiary/aromatic N) is 4. The monoisotopic (exact) mass is 524 g/mol. The molecular formula is C21H29IN6O2. The van der Waals surface area contributed by atoms with Gasteiger partial charge in [-0.2, -0.15) is 0 Å². The average molecular weight is 524 g/mol. The number of nitrogens with one attached hydrogen (secondary N) is 2. The quantitative estimate of drug-likeness (QED) is 0.184. The van der Waals surface area contributed by atoms with E-state index in [1.54, 1.807) is 7.11 Å². The number of hydrogen-bond donors (Lipinski definition) is 2. The first-order valence-corrected chi connectivity index (χ1v) is 9.81. The van der Waals surface area contributed by atoms with Crippen LogP contribution in [-0.2, 0) is 17.8 Å². The third-order valence-electron chi connectivity index (χ3n) is 4.34. The summed E-state index contributed by atoms with van der Waals surface area (Å²) in [7, 11) is 1.66. The van der Waals surface area contributed by atoms with Crippen molar-refractivity contribution in [3.63, 3.8) is 0 Å². The Kier molecular flexibility index (Phi) is 10.4. The van der Waals surface area contributed by atoms with Gasteiger partial charge in [-0.25, -0.2) is 4.99 Å². The predicted octanol–water partition coefficient (Wildman–Crippen LogP) is 3.02. The largest absolute Gasteiger partial charge is 0.497 e. The minimum Gasteiger partial charge on any atom is -0.497 e. The van der Waals surface area contributed by atoms with Crippen molar-refractivity contribution in [3.8, 4) is 5.75 Å². The number of aliphatic imine (C=N–C) groups is 1. The van der Waals surface area contributed by atoms with Crippen LogP contribution < -0.4 is 15.4 Å². The molecule has 2 heterocycles. The van der Waals surface area contributed by atoms with E-state index in [1.807, 2.05) is 60.0 Å². The van der Waals surface area contributed by atoms with Gasteiger partial charge in [0.05, 0.1) is 20.2 Å². The Hall–Kier alpha value is -2.40. The molecular weight excluding hydrogens is 495 g/mol. The molecule has 0 saturated heterocycles. The second-order valence-electron chi connectivity index (χ2n) is 6.39. The van der Waals surface area contributed by atoms with Crippen LogP contribution in [0.3, 0.4) is 0 Å². The van der Waals surface area contributed by atoms with Crippen LogP contribution in [0.15, 0.2) is 53.7 Å². The molecule has 0 aliphatic carbocycles. The van der Waals surface area contributed by atoms with Crippen molar-refractivity contribution < 1.29 is 9.47 Å². The number of guanidine groups is 1. The van der Waals surface area contributed by atoms with Gasteiger partial charge in [-0.3, -0.25) is 4.40 Å². The van der Waals surface area contributed by atoms with Crippen LogP contribution in [0.5, 0.6) is 5.75 Å². The van der Waals surface area contributed by atoms with E-state index in [2.05, 4.69) is 20.8 Å². The summed E-state index contributed by atoms with van der Waals surface area (Å²) in [5.41, 5.74) is 1.93. The summed E-state index contributed by atoms with van der Waals surface area (Å²) in [6.07, 6.45) is 2.86. The van der Waals surface area contributed by atoms with E-state index in [1.165, 1.54) is 0 Å². The van der Waals surface area contributed by atoms with Gasteiger partial charge in [0.2, 0.25) is 0 Å². The zero-order valence-corrected chi connectivity index (χ0v) is 19.7. The molecule has 1 aromatic carbocycles. The van der Waals surface area contributed by atoms with Gasteiger partial charge in [-0.05, 0) is 43.2 Å². The molecule has 0 aliphatic heterocycles. The Labute approximate surface area is 194 Å². The summed E-state index contributed by atoms with van der Waals surface area (Å²) in [5.74, 6) is 2.39. The summed E-state index contributed by atoms with van der Waals surface area (Å²) in [5, 5.41) is 15.2. The zero-order valence-electron chi connectivity index (χ0n) is 17.4. The number of halogens is 1. The maximum atomic E-state index is 5.40. The predicted molar refractivity (Wildman–Crippen MR) is 128 cm³/mol. The number of methoxy groups -OCH3 is 1. The van der Waals surface area contributed by atoms with Gasteiger partial charge in [0, 0.05) is 26.0 Å². The summed E-state index contributed by atoms with van der Waals surface area (Å²) >= 11 is 0. The minimum atomic E-state index is 0. The minimum absolute atomic E-state index is 0. The molecule has 8 nitrogen and oxygen atoms in total. The Morgan fingerprint density at radius 1 is 1.10 bits per heavy atom. The molecule has 3 aromatic rings. The van der Waals surface area contributed by atoms with Crippen LogP contribution in [0, 0.1) is 0 Å². The number of hydrogen-bond acceptors (Lipinski definition) is 5. The summed E-state index contributed by atoms with van der Waals surface area (Å²) < 4.78 is 12.6. The fourth-order valence-corrected chi connectivity index (χ4v) is 2.78. The molecule has 0 saturated carbocycles. The molecule has 0 radical (unpaired) electrons. The van der Waals surface area contributed by atoms with E-state index in [-0.39, 0.29) is 24.0 Å². The van der Waals surface area contributed by atoms with Gasteiger partial charge >= 0.3 is 0 Å². The van der Waals surface area contributed by atoms with E-state index >= 15 is 0 Å². The van der Waals surface area contributed by atoms with Crippen LogP contribution in [0.4, 0.5) is 0 Å². The molecule has 0 bridgehead atoms. The SMILES string of the molecule is CCOCCCNC(=NCc1ccc(OC)cc1)NCc1nnc2ccccn12.I. The van der Waals surface area contributed by atoms with Crippen molar-refractivity contribution in [2.45, 2.75) is 26.4 Å². The van der Waals surface area contributed by atoms with E-state index in [0.29, 0.717) is 13.1 Å². The molecule has 3 rings (SSSR count). The summed E-state index contributed by atoms with van der Waals surface area (Å²) in [6, 6.07) is 13.8. The third kappa shape index (κ3) is 7.13. The summed E-state index contributed by atoms with van der Waals surface area (Å²) in [4.78, 5) is 4.70. The first-order valence-electron chi connectivity index (χ1n) is 9.81. The van der Waals surface area contributed by atoms with E-state index in [0.717, 1.165) is 54.9 Å². The van der Waals surface area contributed by atoms with Gasteiger partial charge in [-0.1, -0.05) is 18.2 Å².